The van der Waals surface area contributed by atoms with Crippen molar-refractivity contribution in [2.24, 2.45) is 11.7 Å². The Hall–Kier alpha value is -1.14. The van der Waals surface area contributed by atoms with Crippen LogP contribution in [-0.4, -0.2) is 43.7 Å². The molecule has 6 heteroatoms. The van der Waals surface area contributed by atoms with Crippen molar-refractivity contribution in [2.45, 2.75) is 38.8 Å². The van der Waals surface area contributed by atoms with Crippen LogP contribution in [0.15, 0.2) is 0 Å². The molecule has 4 N–H and O–H groups in total. The second-order valence-corrected chi connectivity index (χ2v) is 4.93. The van der Waals surface area contributed by atoms with Gasteiger partial charge in [0.2, 0.25) is 11.8 Å². The Morgan fingerprint density at radius 1 is 1.39 bits per heavy atom. The van der Waals surface area contributed by atoms with Gasteiger partial charge < -0.3 is 21.1 Å². The molecule has 104 valence electrons. The van der Waals surface area contributed by atoms with E-state index < -0.39 is 6.04 Å². The second-order valence-electron chi connectivity index (χ2n) is 4.93. The van der Waals surface area contributed by atoms with Crippen LogP contribution in [0.1, 0.15) is 26.7 Å². The van der Waals surface area contributed by atoms with Crippen molar-refractivity contribution in [1.82, 2.24) is 10.6 Å². The Labute approximate surface area is 108 Å². The number of nitrogens with two attached hydrogens (primary N) is 1. The van der Waals surface area contributed by atoms with E-state index in [2.05, 4.69) is 10.6 Å². The first kappa shape index (κ1) is 14.9. The number of carbonyl (C=O) groups is 2. The van der Waals surface area contributed by atoms with Gasteiger partial charge in [-0.05, 0) is 18.8 Å². The van der Waals surface area contributed by atoms with E-state index in [1.54, 1.807) is 0 Å². The van der Waals surface area contributed by atoms with Gasteiger partial charge in [0.1, 0.15) is 0 Å². The van der Waals surface area contributed by atoms with Gasteiger partial charge in [-0.1, -0.05) is 13.8 Å². The number of amides is 2. The number of nitrogens with one attached hydrogen (secondary N) is 2. The molecule has 0 aromatic rings. The van der Waals surface area contributed by atoms with Crippen LogP contribution in [0.25, 0.3) is 0 Å². The molecule has 0 bridgehead atoms. The molecule has 1 saturated heterocycles. The molecule has 6 nitrogen and oxygen atoms in total. The molecule has 0 aromatic carbocycles. The summed E-state index contributed by atoms with van der Waals surface area (Å²) in [6.45, 7) is 4.96. The molecular formula is C12H23N3O3. The molecule has 2 atom stereocenters. The van der Waals surface area contributed by atoms with Crippen LogP contribution in [0.2, 0.25) is 0 Å². The second kappa shape index (κ2) is 7.33. The molecule has 0 radical (unpaired) electrons. The molecule has 2 amide bonds. The van der Waals surface area contributed by atoms with E-state index in [9.17, 15) is 9.59 Å². The lowest BCUT2D eigenvalue weighted by atomic mass is 10.1. The molecule has 1 aliphatic heterocycles. The quantitative estimate of drug-likeness (QED) is 0.591. The van der Waals surface area contributed by atoms with Crippen molar-refractivity contribution >= 4 is 11.8 Å². The van der Waals surface area contributed by atoms with Crippen molar-refractivity contribution in [3.63, 3.8) is 0 Å². The summed E-state index contributed by atoms with van der Waals surface area (Å²) < 4.78 is 5.38. The molecule has 0 spiro atoms. The molecular weight excluding hydrogens is 234 g/mol. The molecule has 1 heterocycles. The maximum atomic E-state index is 11.5. The summed E-state index contributed by atoms with van der Waals surface area (Å²) in [4.78, 5) is 23.0. The van der Waals surface area contributed by atoms with Gasteiger partial charge in [0.05, 0.1) is 18.7 Å². The summed E-state index contributed by atoms with van der Waals surface area (Å²) in [5, 5.41) is 5.25. The van der Waals surface area contributed by atoms with E-state index in [0.717, 1.165) is 19.4 Å². The van der Waals surface area contributed by atoms with E-state index in [4.69, 9.17) is 10.5 Å². The molecule has 1 rings (SSSR count). The first-order valence-electron chi connectivity index (χ1n) is 6.42. The first-order valence-corrected chi connectivity index (χ1v) is 6.42. The minimum atomic E-state index is -0.573. The van der Waals surface area contributed by atoms with Crippen LogP contribution in [0.5, 0.6) is 0 Å². The molecule has 0 saturated carbocycles. The fourth-order valence-electron chi connectivity index (χ4n) is 1.68. The average molecular weight is 257 g/mol. The monoisotopic (exact) mass is 257 g/mol. The highest BCUT2D eigenvalue weighted by Gasteiger charge is 2.19. The highest BCUT2D eigenvalue weighted by atomic mass is 16.5. The predicted molar refractivity (Wildman–Crippen MR) is 67.8 cm³/mol. The zero-order chi connectivity index (χ0) is 13.5. The summed E-state index contributed by atoms with van der Waals surface area (Å²) in [7, 11) is 0. The fourth-order valence-corrected chi connectivity index (χ4v) is 1.68. The van der Waals surface area contributed by atoms with Gasteiger partial charge in [-0.15, -0.1) is 0 Å². The average Bonchev–Trinajstić information content (AvgIpc) is 2.85. The lowest BCUT2D eigenvalue weighted by Gasteiger charge is -2.15. The minimum Gasteiger partial charge on any atom is -0.376 e. The smallest absolute Gasteiger partial charge is 0.239 e. The van der Waals surface area contributed by atoms with E-state index in [-0.39, 0.29) is 30.4 Å². The van der Waals surface area contributed by atoms with E-state index >= 15 is 0 Å². The van der Waals surface area contributed by atoms with Crippen molar-refractivity contribution < 1.29 is 14.3 Å². The summed E-state index contributed by atoms with van der Waals surface area (Å²) >= 11 is 0. The van der Waals surface area contributed by atoms with Crippen LogP contribution >= 0.6 is 0 Å². The van der Waals surface area contributed by atoms with Gasteiger partial charge >= 0.3 is 0 Å². The van der Waals surface area contributed by atoms with Gasteiger partial charge in [0, 0.05) is 13.2 Å². The molecule has 0 aliphatic carbocycles. The first-order chi connectivity index (χ1) is 8.50. The molecule has 18 heavy (non-hydrogen) atoms. The minimum absolute atomic E-state index is 0.0357. The predicted octanol–water partition coefficient (Wildman–Crippen LogP) is -0.619. The van der Waals surface area contributed by atoms with Crippen molar-refractivity contribution in [2.75, 3.05) is 19.7 Å². The number of hydrogen-bond donors (Lipinski definition) is 3. The van der Waals surface area contributed by atoms with Gasteiger partial charge in [-0.2, -0.15) is 0 Å². The molecule has 1 aliphatic rings. The lowest BCUT2D eigenvalue weighted by Crippen LogP contribution is -2.47. The summed E-state index contributed by atoms with van der Waals surface area (Å²) in [6.07, 6.45) is 2.13. The van der Waals surface area contributed by atoms with Crippen LogP contribution in [0, 0.1) is 5.92 Å². The van der Waals surface area contributed by atoms with Crippen LogP contribution in [0.3, 0.4) is 0 Å². The Bertz CT molecular complexity index is 288. The zero-order valence-corrected chi connectivity index (χ0v) is 11.1. The lowest BCUT2D eigenvalue weighted by molar-refractivity contribution is -0.127. The van der Waals surface area contributed by atoms with E-state index in [1.165, 1.54) is 0 Å². The van der Waals surface area contributed by atoms with Crippen molar-refractivity contribution in [3.05, 3.63) is 0 Å². The van der Waals surface area contributed by atoms with E-state index in [0.29, 0.717) is 6.54 Å². The molecule has 1 fully saturated rings. The SMILES string of the molecule is CC(C)[C@H](N)C(=O)NCC(=O)NCC1CCCO1. The highest BCUT2D eigenvalue weighted by Crippen LogP contribution is 2.10. The van der Waals surface area contributed by atoms with Crippen LogP contribution in [-0.2, 0) is 14.3 Å². The summed E-state index contributed by atoms with van der Waals surface area (Å²) in [5.74, 6) is -0.452. The third-order valence-electron chi connectivity index (χ3n) is 3.00. The Morgan fingerprint density at radius 2 is 2.11 bits per heavy atom. The molecule has 0 aromatic heterocycles. The van der Waals surface area contributed by atoms with Gasteiger partial charge in [0.25, 0.3) is 0 Å². The largest absolute Gasteiger partial charge is 0.376 e. The van der Waals surface area contributed by atoms with Gasteiger partial charge in [-0.3, -0.25) is 9.59 Å². The molecule has 1 unspecified atom stereocenters. The van der Waals surface area contributed by atoms with Gasteiger partial charge in [0.15, 0.2) is 0 Å². The maximum Gasteiger partial charge on any atom is 0.239 e. The number of ether oxygens (including phenoxy) is 1. The van der Waals surface area contributed by atoms with Crippen LogP contribution in [0.4, 0.5) is 0 Å². The zero-order valence-electron chi connectivity index (χ0n) is 11.1. The summed E-state index contributed by atoms with van der Waals surface area (Å²) in [6, 6.07) is -0.573. The Kier molecular flexibility index (Phi) is 6.07. The van der Waals surface area contributed by atoms with Crippen molar-refractivity contribution in [3.8, 4) is 0 Å². The highest BCUT2D eigenvalue weighted by molar-refractivity contribution is 5.87. The maximum absolute atomic E-state index is 11.5. The number of rotatable bonds is 6. The van der Waals surface area contributed by atoms with Gasteiger partial charge in [-0.25, -0.2) is 0 Å². The Morgan fingerprint density at radius 3 is 2.67 bits per heavy atom. The Balaban J connectivity index is 2.14. The number of hydrogen-bond acceptors (Lipinski definition) is 4. The third kappa shape index (κ3) is 5.01. The third-order valence-corrected chi connectivity index (χ3v) is 3.00. The summed E-state index contributed by atoms with van der Waals surface area (Å²) in [5.41, 5.74) is 5.66. The topological polar surface area (TPSA) is 93.5 Å². The number of carbonyl (C=O) groups excluding carboxylic acids is 2. The van der Waals surface area contributed by atoms with E-state index in [1.807, 2.05) is 13.8 Å². The van der Waals surface area contributed by atoms with Crippen molar-refractivity contribution in [1.29, 1.82) is 0 Å². The normalized spacial score (nSPS) is 20.8. The van der Waals surface area contributed by atoms with Crippen LogP contribution < -0.4 is 16.4 Å². The standard InChI is InChI=1S/C12H23N3O3/c1-8(2)11(13)12(17)15-7-10(16)14-6-9-4-3-5-18-9/h8-9,11H,3-7,13H2,1-2H3,(H,14,16)(H,15,17)/t9?,11-/m0/s1. The fraction of sp³-hybridized carbons (Fsp3) is 0.833.